The number of anilines is 1. The van der Waals surface area contributed by atoms with Gasteiger partial charge >= 0.3 is 5.97 Å². The summed E-state index contributed by atoms with van der Waals surface area (Å²) >= 11 is 5.16. The number of thiocarbonyl (C=S) groups is 1. The molecular formula is C20H19N5O3S. The predicted molar refractivity (Wildman–Crippen MR) is 115 cm³/mol. The molecule has 3 rings (SSSR count). The standard InChI is InChI=1S/C20H19N5O3S/c1-12-3-9-16(10-4-12)25-18(26)17(13(2)24-25)11-21-23-20(29)22-15-7-5-14(6-8-15)19(27)28/h3-11,26H,1-2H3,(H,27,28)(H2,22,23,29). The van der Waals surface area contributed by atoms with Crippen LogP contribution in [0.1, 0.15) is 27.2 Å². The highest BCUT2D eigenvalue weighted by Gasteiger charge is 2.14. The van der Waals surface area contributed by atoms with Crippen LogP contribution in [-0.4, -0.2) is 37.3 Å². The van der Waals surface area contributed by atoms with Gasteiger partial charge in [-0.15, -0.1) is 0 Å². The van der Waals surface area contributed by atoms with Crippen molar-refractivity contribution >= 4 is 35.2 Å². The monoisotopic (exact) mass is 409 g/mol. The quantitative estimate of drug-likeness (QED) is 0.291. The number of carboxylic acids is 1. The van der Waals surface area contributed by atoms with Crippen molar-refractivity contribution in [1.29, 1.82) is 0 Å². The zero-order valence-electron chi connectivity index (χ0n) is 15.7. The van der Waals surface area contributed by atoms with Gasteiger partial charge in [0.2, 0.25) is 5.88 Å². The van der Waals surface area contributed by atoms with E-state index in [1.54, 1.807) is 19.1 Å². The molecule has 29 heavy (non-hydrogen) atoms. The van der Waals surface area contributed by atoms with Gasteiger partial charge in [-0.05, 0) is 62.5 Å². The number of carboxylic acid groups (broad SMARTS) is 1. The predicted octanol–water partition coefficient (Wildman–Crippen LogP) is 3.21. The van der Waals surface area contributed by atoms with Crippen LogP contribution in [0.15, 0.2) is 53.6 Å². The molecule has 0 saturated carbocycles. The van der Waals surface area contributed by atoms with Gasteiger partial charge in [-0.1, -0.05) is 17.7 Å². The van der Waals surface area contributed by atoms with Crippen LogP contribution in [0.4, 0.5) is 5.69 Å². The Balaban J connectivity index is 1.66. The zero-order valence-corrected chi connectivity index (χ0v) is 16.6. The molecule has 0 amide bonds. The molecule has 1 heterocycles. The van der Waals surface area contributed by atoms with E-state index in [9.17, 15) is 9.90 Å². The first kappa shape index (κ1) is 20.0. The van der Waals surface area contributed by atoms with E-state index in [4.69, 9.17) is 17.3 Å². The Hall–Kier alpha value is -3.72. The van der Waals surface area contributed by atoms with Crippen molar-refractivity contribution < 1.29 is 15.0 Å². The fraction of sp³-hybridized carbons (Fsp3) is 0.100. The number of aromatic hydroxyl groups is 1. The number of rotatable bonds is 5. The van der Waals surface area contributed by atoms with Crippen LogP contribution < -0.4 is 10.7 Å². The summed E-state index contributed by atoms with van der Waals surface area (Å²) in [6.45, 7) is 3.76. The number of benzene rings is 2. The van der Waals surface area contributed by atoms with Gasteiger partial charge in [-0.2, -0.15) is 10.2 Å². The normalized spacial score (nSPS) is 10.8. The molecule has 148 valence electrons. The number of aromatic carboxylic acids is 1. The first-order chi connectivity index (χ1) is 13.8. The summed E-state index contributed by atoms with van der Waals surface area (Å²) in [7, 11) is 0. The van der Waals surface area contributed by atoms with Gasteiger partial charge in [0.1, 0.15) is 0 Å². The van der Waals surface area contributed by atoms with Crippen molar-refractivity contribution in [3.63, 3.8) is 0 Å². The van der Waals surface area contributed by atoms with Gasteiger partial charge in [0.05, 0.1) is 28.7 Å². The molecular weight excluding hydrogens is 390 g/mol. The van der Waals surface area contributed by atoms with Gasteiger partial charge in [-0.3, -0.25) is 5.43 Å². The van der Waals surface area contributed by atoms with Crippen molar-refractivity contribution in [3.05, 3.63) is 70.9 Å². The third-order valence-electron chi connectivity index (χ3n) is 4.11. The van der Waals surface area contributed by atoms with Gasteiger partial charge in [-0.25, -0.2) is 9.48 Å². The molecule has 0 unspecified atom stereocenters. The number of hydrogen-bond donors (Lipinski definition) is 4. The number of aryl methyl sites for hydroxylation is 2. The van der Waals surface area contributed by atoms with E-state index >= 15 is 0 Å². The van der Waals surface area contributed by atoms with Crippen LogP contribution in [0.2, 0.25) is 0 Å². The van der Waals surface area contributed by atoms with E-state index in [1.807, 2.05) is 31.2 Å². The minimum atomic E-state index is -0.997. The lowest BCUT2D eigenvalue weighted by atomic mass is 10.2. The molecule has 0 aliphatic rings. The summed E-state index contributed by atoms with van der Waals surface area (Å²) in [6, 6.07) is 13.8. The number of aromatic nitrogens is 2. The van der Waals surface area contributed by atoms with E-state index in [-0.39, 0.29) is 16.6 Å². The van der Waals surface area contributed by atoms with Crippen LogP contribution in [0.5, 0.6) is 5.88 Å². The smallest absolute Gasteiger partial charge is 0.335 e. The maximum atomic E-state index is 10.9. The van der Waals surface area contributed by atoms with Gasteiger partial charge in [0.25, 0.3) is 0 Å². The van der Waals surface area contributed by atoms with Crippen molar-refractivity contribution in [2.45, 2.75) is 13.8 Å². The van der Waals surface area contributed by atoms with Gasteiger partial charge in [0.15, 0.2) is 5.11 Å². The molecule has 8 nitrogen and oxygen atoms in total. The molecule has 2 aromatic carbocycles. The summed E-state index contributed by atoms with van der Waals surface area (Å²) in [5, 5.41) is 30.9. The lowest BCUT2D eigenvalue weighted by Crippen LogP contribution is -2.23. The van der Waals surface area contributed by atoms with Crippen LogP contribution in [0.25, 0.3) is 5.69 Å². The Bertz CT molecular complexity index is 1070. The maximum absolute atomic E-state index is 10.9. The molecule has 0 aliphatic carbocycles. The molecule has 0 bridgehead atoms. The molecule has 4 N–H and O–H groups in total. The van der Waals surface area contributed by atoms with Crippen LogP contribution >= 0.6 is 12.2 Å². The highest BCUT2D eigenvalue weighted by molar-refractivity contribution is 7.80. The minimum Gasteiger partial charge on any atom is -0.493 e. The molecule has 0 atom stereocenters. The molecule has 0 spiro atoms. The van der Waals surface area contributed by atoms with E-state index in [0.29, 0.717) is 16.9 Å². The average molecular weight is 409 g/mol. The zero-order chi connectivity index (χ0) is 21.0. The molecule has 3 aromatic rings. The minimum absolute atomic E-state index is 0.0277. The second-order valence-electron chi connectivity index (χ2n) is 6.28. The molecule has 0 saturated heterocycles. The number of carbonyl (C=O) groups is 1. The highest BCUT2D eigenvalue weighted by Crippen LogP contribution is 2.23. The maximum Gasteiger partial charge on any atom is 0.335 e. The number of hydrogen-bond acceptors (Lipinski definition) is 5. The van der Waals surface area contributed by atoms with Crippen LogP contribution in [-0.2, 0) is 0 Å². The highest BCUT2D eigenvalue weighted by atomic mass is 32.1. The SMILES string of the molecule is Cc1ccc(-n2nc(C)c(C=NNC(=S)Nc3ccc(C(=O)O)cc3)c2O)cc1. The summed E-state index contributed by atoms with van der Waals surface area (Å²) < 4.78 is 1.44. The molecule has 0 radical (unpaired) electrons. The lowest BCUT2D eigenvalue weighted by Gasteiger charge is -2.07. The summed E-state index contributed by atoms with van der Waals surface area (Å²) in [5.41, 5.74) is 6.38. The van der Waals surface area contributed by atoms with Crippen molar-refractivity contribution in [3.8, 4) is 11.6 Å². The number of nitrogens with one attached hydrogen (secondary N) is 2. The first-order valence-electron chi connectivity index (χ1n) is 8.64. The Labute approximate surface area is 172 Å². The number of nitrogens with zero attached hydrogens (tertiary/aromatic N) is 3. The van der Waals surface area contributed by atoms with Gasteiger partial charge < -0.3 is 15.5 Å². The van der Waals surface area contributed by atoms with E-state index in [1.165, 1.54) is 23.0 Å². The lowest BCUT2D eigenvalue weighted by molar-refractivity contribution is 0.0697. The van der Waals surface area contributed by atoms with E-state index in [2.05, 4.69) is 20.9 Å². The summed E-state index contributed by atoms with van der Waals surface area (Å²) in [6.07, 6.45) is 1.43. The average Bonchev–Trinajstić information content (AvgIpc) is 2.97. The second-order valence-corrected chi connectivity index (χ2v) is 6.68. The van der Waals surface area contributed by atoms with E-state index in [0.717, 1.165) is 11.3 Å². The van der Waals surface area contributed by atoms with Crippen molar-refractivity contribution in [2.75, 3.05) is 5.32 Å². The fourth-order valence-electron chi connectivity index (χ4n) is 2.55. The summed E-state index contributed by atoms with van der Waals surface area (Å²) in [4.78, 5) is 10.9. The molecule has 9 heteroatoms. The Morgan fingerprint density at radius 1 is 1.14 bits per heavy atom. The second kappa shape index (κ2) is 8.53. The Kier molecular flexibility index (Phi) is 5.89. The number of hydrazone groups is 1. The third kappa shape index (κ3) is 4.77. The largest absolute Gasteiger partial charge is 0.493 e. The van der Waals surface area contributed by atoms with Crippen molar-refractivity contribution in [1.82, 2.24) is 15.2 Å². The Morgan fingerprint density at radius 2 is 1.79 bits per heavy atom. The first-order valence-corrected chi connectivity index (χ1v) is 9.05. The van der Waals surface area contributed by atoms with E-state index < -0.39 is 5.97 Å². The topological polar surface area (TPSA) is 112 Å². The van der Waals surface area contributed by atoms with Crippen molar-refractivity contribution in [2.24, 2.45) is 5.10 Å². The van der Waals surface area contributed by atoms with Crippen LogP contribution in [0.3, 0.4) is 0 Å². The third-order valence-corrected chi connectivity index (χ3v) is 4.30. The molecule has 0 fully saturated rings. The van der Waals surface area contributed by atoms with Crippen LogP contribution in [0, 0.1) is 13.8 Å². The Morgan fingerprint density at radius 3 is 2.41 bits per heavy atom. The fourth-order valence-corrected chi connectivity index (χ4v) is 2.73. The van der Waals surface area contributed by atoms with Gasteiger partial charge in [0, 0.05) is 5.69 Å². The molecule has 0 aliphatic heterocycles. The molecule has 1 aromatic heterocycles. The summed E-state index contributed by atoms with van der Waals surface area (Å²) in [5.74, 6) is -1.02.